The molecular weight excluding hydrogens is 338 g/mol. The Morgan fingerprint density at radius 1 is 1.04 bits per heavy atom. The van der Waals surface area contributed by atoms with Crippen LogP contribution in [0.3, 0.4) is 0 Å². The zero-order valence-electron chi connectivity index (χ0n) is 16.2. The summed E-state index contributed by atoms with van der Waals surface area (Å²) < 4.78 is 0. The van der Waals surface area contributed by atoms with E-state index in [1.807, 2.05) is 35.2 Å². The average Bonchev–Trinajstić information content (AvgIpc) is 3.32. The van der Waals surface area contributed by atoms with Crippen molar-refractivity contribution in [2.45, 2.75) is 51.5 Å². The van der Waals surface area contributed by atoms with Gasteiger partial charge in [0, 0.05) is 30.7 Å². The highest BCUT2D eigenvalue weighted by Crippen LogP contribution is 2.49. The van der Waals surface area contributed by atoms with Gasteiger partial charge >= 0.3 is 6.03 Å². The maximum atomic E-state index is 12.7. The number of carbonyl (C=O) groups is 2. The average molecular weight is 370 g/mol. The molecule has 3 aliphatic rings. The summed E-state index contributed by atoms with van der Waals surface area (Å²) in [6, 6.07) is 9.72. The Bertz CT molecular complexity index is 669. The molecule has 5 nitrogen and oxygen atoms in total. The van der Waals surface area contributed by atoms with Crippen LogP contribution in [0.5, 0.6) is 0 Å². The Hall–Kier alpha value is -2.04. The topological polar surface area (TPSA) is 61.4 Å². The molecule has 4 unspecified atom stereocenters. The molecule has 4 rings (SSSR count). The highest BCUT2D eigenvalue weighted by molar-refractivity contribution is 5.89. The quantitative estimate of drug-likeness (QED) is 0.846. The van der Waals surface area contributed by atoms with Gasteiger partial charge in [-0.05, 0) is 68.9 Å². The molecule has 1 aromatic carbocycles. The van der Waals surface area contributed by atoms with E-state index in [0.29, 0.717) is 19.0 Å². The number of anilines is 1. The Balaban J connectivity index is 1.22. The summed E-state index contributed by atoms with van der Waals surface area (Å²) in [4.78, 5) is 26.9. The summed E-state index contributed by atoms with van der Waals surface area (Å²) in [5.74, 6) is 2.63. The first-order valence-electron chi connectivity index (χ1n) is 10.5. The van der Waals surface area contributed by atoms with Gasteiger partial charge < -0.3 is 15.5 Å². The van der Waals surface area contributed by atoms with Crippen LogP contribution in [0, 0.1) is 23.7 Å². The first-order valence-corrected chi connectivity index (χ1v) is 10.5. The number of likely N-dealkylation sites (tertiary alicyclic amines) is 1. The third-order valence-corrected chi connectivity index (χ3v) is 6.98. The molecule has 3 fully saturated rings. The molecule has 1 heterocycles. The number of rotatable bonds is 4. The van der Waals surface area contributed by atoms with E-state index in [0.717, 1.165) is 30.4 Å². The van der Waals surface area contributed by atoms with Crippen molar-refractivity contribution in [1.82, 2.24) is 10.2 Å². The normalized spacial score (nSPS) is 28.8. The van der Waals surface area contributed by atoms with Gasteiger partial charge in [0.15, 0.2) is 0 Å². The zero-order valence-corrected chi connectivity index (χ0v) is 16.2. The van der Waals surface area contributed by atoms with Crippen LogP contribution < -0.4 is 10.6 Å². The summed E-state index contributed by atoms with van der Waals surface area (Å²) in [5, 5.41) is 6.23. The van der Waals surface area contributed by atoms with Gasteiger partial charge in [-0.2, -0.15) is 0 Å². The van der Waals surface area contributed by atoms with Crippen LogP contribution in [0.1, 0.15) is 45.4 Å². The zero-order chi connectivity index (χ0) is 18.8. The van der Waals surface area contributed by atoms with Crippen LogP contribution >= 0.6 is 0 Å². The smallest absolute Gasteiger partial charge is 0.321 e. The van der Waals surface area contributed by atoms with Gasteiger partial charge in [0.1, 0.15) is 0 Å². The van der Waals surface area contributed by atoms with Gasteiger partial charge in [-0.15, -0.1) is 0 Å². The van der Waals surface area contributed by atoms with E-state index < -0.39 is 0 Å². The van der Waals surface area contributed by atoms with Gasteiger partial charge in [-0.1, -0.05) is 24.6 Å². The lowest BCUT2D eigenvalue weighted by molar-refractivity contribution is -0.127. The van der Waals surface area contributed by atoms with Crippen LogP contribution in [0.25, 0.3) is 0 Å². The highest BCUT2D eigenvalue weighted by Gasteiger charge is 2.42. The number of para-hydroxylation sites is 1. The van der Waals surface area contributed by atoms with Crippen LogP contribution in [-0.4, -0.2) is 36.0 Å². The van der Waals surface area contributed by atoms with Crippen LogP contribution in [-0.2, 0) is 4.79 Å². The lowest BCUT2D eigenvalue weighted by Gasteiger charge is -2.33. The number of amides is 3. The van der Waals surface area contributed by atoms with E-state index in [-0.39, 0.29) is 23.9 Å². The monoisotopic (exact) mass is 369 g/mol. The van der Waals surface area contributed by atoms with Gasteiger partial charge in [-0.3, -0.25) is 4.79 Å². The SMILES string of the molecule is CC(NC(=O)C1CCN(C(=O)Nc2ccccc2)CC1)C1CC2CCC1C2. The van der Waals surface area contributed by atoms with Crippen molar-refractivity contribution < 1.29 is 9.59 Å². The minimum atomic E-state index is -0.0737. The number of fused-ring (bicyclic) bond motifs is 2. The van der Waals surface area contributed by atoms with Crippen LogP contribution in [0.15, 0.2) is 30.3 Å². The lowest BCUT2D eigenvalue weighted by Crippen LogP contribution is -2.47. The molecule has 1 saturated heterocycles. The molecule has 146 valence electrons. The summed E-state index contributed by atoms with van der Waals surface area (Å²) in [5.41, 5.74) is 0.807. The number of nitrogens with zero attached hydrogens (tertiary/aromatic N) is 1. The van der Waals surface area contributed by atoms with Crippen molar-refractivity contribution in [3.8, 4) is 0 Å². The molecule has 2 aliphatic carbocycles. The second kappa shape index (κ2) is 7.91. The molecule has 1 aromatic rings. The molecule has 4 atom stereocenters. The fourth-order valence-corrected chi connectivity index (χ4v) is 5.42. The molecule has 3 amide bonds. The molecule has 2 bridgehead atoms. The lowest BCUT2D eigenvalue weighted by atomic mass is 9.83. The van der Waals surface area contributed by atoms with Crippen molar-refractivity contribution in [2.75, 3.05) is 18.4 Å². The third kappa shape index (κ3) is 4.12. The maximum absolute atomic E-state index is 12.7. The molecule has 1 aliphatic heterocycles. The van der Waals surface area contributed by atoms with Crippen molar-refractivity contribution in [3.05, 3.63) is 30.3 Å². The number of nitrogens with one attached hydrogen (secondary N) is 2. The van der Waals surface area contributed by atoms with Crippen LogP contribution in [0.4, 0.5) is 10.5 Å². The number of hydrogen-bond donors (Lipinski definition) is 2. The van der Waals surface area contributed by atoms with E-state index in [1.54, 1.807) is 0 Å². The minimum Gasteiger partial charge on any atom is -0.353 e. The predicted octanol–water partition coefficient (Wildman–Crippen LogP) is 3.87. The highest BCUT2D eigenvalue weighted by atomic mass is 16.2. The summed E-state index contributed by atoms with van der Waals surface area (Å²) in [7, 11) is 0. The second-order valence-electron chi connectivity index (χ2n) is 8.69. The number of piperidine rings is 1. The number of urea groups is 1. The summed E-state index contributed by atoms with van der Waals surface area (Å²) in [6.45, 7) is 3.46. The number of carbonyl (C=O) groups excluding carboxylic acids is 2. The second-order valence-corrected chi connectivity index (χ2v) is 8.69. The summed E-state index contributed by atoms with van der Waals surface area (Å²) in [6.07, 6.45) is 6.91. The molecule has 5 heteroatoms. The largest absolute Gasteiger partial charge is 0.353 e. The standard InChI is InChI=1S/C22H31N3O2/c1-15(20-14-16-7-8-18(20)13-16)23-21(26)17-9-11-25(12-10-17)22(27)24-19-5-3-2-4-6-19/h2-6,15-18,20H,7-14H2,1H3,(H,23,26)(H,24,27). The molecule has 2 saturated carbocycles. The van der Waals surface area contributed by atoms with Crippen LogP contribution in [0.2, 0.25) is 0 Å². The van der Waals surface area contributed by atoms with Gasteiger partial charge in [0.05, 0.1) is 0 Å². The van der Waals surface area contributed by atoms with Crippen molar-refractivity contribution >= 4 is 17.6 Å². The molecule has 27 heavy (non-hydrogen) atoms. The van der Waals surface area contributed by atoms with Gasteiger partial charge in [-0.25, -0.2) is 4.79 Å². The van der Waals surface area contributed by atoms with Gasteiger partial charge in [0.25, 0.3) is 0 Å². The molecule has 0 aromatic heterocycles. The van der Waals surface area contributed by atoms with E-state index in [4.69, 9.17) is 0 Å². The predicted molar refractivity (Wildman–Crippen MR) is 106 cm³/mol. The van der Waals surface area contributed by atoms with Crippen molar-refractivity contribution in [3.63, 3.8) is 0 Å². The summed E-state index contributed by atoms with van der Waals surface area (Å²) >= 11 is 0. The first kappa shape index (κ1) is 18.3. The number of benzene rings is 1. The Morgan fingerprint density at radius 3 is 2.41 bits per heavy atom. The Kier molecular flexibility index (Phi) is 5.37. The first-order chi connectivity index (χ1) is 13.1. The fraction of sp³-hybridized carbons (Fsp3) is 0.636. The minimum absolute atomic E-state index is 0.0341. The maximum Gasteiger partial charge on any atom is 0.321 e. The molecule has 0 radical (unpaired) electrons. The molecular formula is C22H31N3O2. The third-order valence-electron chi connectivity index (χ3n) is 6.98. The molecule has 0 spiro atoms. The Labute approximate surface area is 161 Å². The van der Waals surface area contributed by atoms with Crippen molar-refractivity contribution in [1.29, 1.82) is 0 Å². The van der Waals surface area contributed by atoms with Gasteiger partial charge in [0.2, 0.25) is 5.91 Å². The van der Waals surface area contributed by atoms with E-state index in [1.165, 1.54) is 25.7 Å². The van der Waals surface area contributed by atoms with E-state index >= 15 is 0 Å². The Morgan fingerprint density at radius 2 is 1.78 bits per heavy atom. The van der Waals surface area contributed by atoms with Crippen molar-refractivity contribution in [2.24, 2.45) is 23.7 Å². The number of hydrogen-bond acceptors (Lipinski definition) is 2. The molecule has 2 N–H and O–H groups in total. The van der Waals surface area contributed by atoms with E-state index in [2.05, 4.69) is 17.6 Å². The fourth-order valence-electron chi connectivity index (χ4n) is 5.42. The van der Waals surface area contributed by atoms with E-state index in [9.17, 15) is 9.59 Å².